The highest BCUT2D eigenvalue weighted by atomic mass is 16.3. The van der Waals surface area contributed by atoms with Crippen LogP contribution in [0.5, 0.6) is 0 Å². The average molecular weight is 245 g/mol. The van der Waals surface area contributed by atoms with E-state index in [0.29, 0.717) is 5.95 Å². The molecule has 2 atom stereocenters. The number of aromatic nitrogens is 2. The monoisotopic (exact) mass is 245 g/mol. The number of hydrogen-bond acceptors (Lipinski definition) is 4. The molecule has 0 spiro atoms. The molecule has 1 heterocycles. The van der Waals surface area contributed by atoms with E-state index in [1.807, 2.05) is 0 Å². The van der Waals surface area contributed by atoms with Gasteiger partial charge in [0.15, 0.2) is 0 Å². The Labute approximate surface area is 108 Å². The molecule has 0 aliphatic heterocycles. The number of nitrogens with zero attached hydrogens (tertiary/aromatic N) is 3. The lowest BCUT2D eigenvalue weighted by atomic mass is 9.72. The molecule has 1 N–H and O–H groups in total. The first-order chi connectivity index (χ1) is 8.54. The minimum absolute atomic E-state index is 0.118. The third-order valence-electron chi connectivity index (χ3n) is 3.71. The van der Waals surface area contributed by atoms with Crippen molar-refractivity contribution in [3.05, 3.63) is 18.5 Å². The topological polar surface area (TPSA) is 49.2 Å². The van der Waals surface area contributed by atoms with Crippen molar-refractivity contribution in [3.63, 3.8) is 0 Å². The van der Waals surface area contributed by atoms with Crippen molar-refractivity contribution in [2.24, 2.45) is 5.41 Å². The van der Waals surface area contributed by atoms with E-state index in [1.165, 1.54) is 0 Å². The van der Waals surface area contributed by atoms with Gasteiger partial charge in [0, 0.05) is 24.5 Å². The predicted octanol–water partition coefficient (Wildman–Crippen LogP) is 1.81. The van der Waals surface area contributed by atoms with E-state index in [9.17, 15) is 5.11 Å². The molecule has 96 valence electrons. The van der Waals surface area contributed by atoms with Crippen LogP contribution in [-0.2, 0) is 0 Å². The van der Waals surface area contributed by atoms with Gasteiger partial charge in [-0.15, -0.1) is 0 Å². The average Bonchev–Trinajstić information content (AvgIpc) is 2.36. The van der Waals surface area contributed by atoms with Gasteiger partial charge in [0.25, 0.3) is 0 Å². The smallest absolute Gasteiger partial charge is 0.237 e. The lowest BCUT2D eigenvalue weighted by molar-refractivity contribution is 0.00674. The molecule has 1 saturated carbocycles. The van der Waals surface area contributed by atoms with Gasteiger partial charge in [-0.2, -0.15) is 0 Å². The van der Waals surface area contributed by atoms with Gasteiger partial charge in [-0.25, -0.2) is 9.97 Å². The van der Waals surface area contributed by atoms with Gasteiger partial charge in [-0.3, -0.25) is 4.90 Å². The van der Waals surface area contributed by atoms with Crippen LogP contribution >= 0.6 is 0 Å². The number of rotatable bonds is 2. The summed E-state index contributed by atoms with van der Waals surface area (Å²) in [5.74, 6) is 0.567. The van der Waals surface area contributed by atoms with Gasteiger partial charge < -0.3 is 5.11 Å². The van der Waals surface area contributed by atoms with E-state index >= 15 is 0 Å². The normalized spacial score (nSPS) is 26.3. The van der Waals surface area contributed by atoms with Crippen molar-refractivity contribution in [2.45, 2.75) is 45.3 Å². The fraction of sp³-hybridized carbons (Fsp3) is 0.571. The van der Waals surface area contributed by atoms with Crippen LogP contribution in [0.4, 0.5) is 5.95 Å². The maximum Gasteiger partial charge on any atom is 0.237 e. The Balaban J connectivity index is 2.18. The van der Waals surface area contributed by atoms with Crippen molar-refractivity contribution < 1.29 is 5.11 Å². The third-order valence-corrected chi connectivity index (χ3v) is 3.71. The summed E-state index contributed by atoms with van der Waals surface area (Å²) in [6, 6.07) is 4.63. The van der Waals surface area contributed by atoms with Crippen molar-refractivity contribution in [1.29, 1.82) is 0 Å². The molecule has 0 amide bonds. The molecule has 1 fully saturated rings. The zero-order valence-electron chi connectivity index (χ0n) is 10.9. The van der Waals surface area contributed by atoms with E-state index < -0.39 is 0 Å². The Hall–Kier alpha value is -1.60. The summed E-state index contributed by atoms with van der Waals surface area (Å²) in [6.45, 7) is 4.15. The molecule has 1 aromatic rings. The summed E-state index contributed by atoms with van der Waals surface area (Å²) >= 11 is 0. The number of aliphatic hydroxyl groups is 1. The van der Waals surface area contributed by atoms with Gasteiger partial charge in [0.05, 0.1) is 6.10 Å². The molecular formula is C14H19N3O. The second kappa shape index (κ2) is 4.95. The molecule has 1 aliphatic carbocycles. The summed E-state index contributed by atoms with van der Waals surface area (Å²) in [5, 5.41) is 9.98. The summed E-state index contributed by atoms with van der Waals surface area (Å²) in [4.78, 5) is 10.2. The Morgan fingerprint density at radius 3 is 2.61 bits per heavy atom. The molecule has 4 nitrogen and oxygen atoms in total. The molecule has 1 aromatic heterocycles. The van der Waals surface area contributed by atoms with E-state index in [2.05, 4.69) is 29.9 Å². The van der Waals surface area contributed by atoms with E-state index in [4.69, 9.17) is 6.42 Å². The first-order valence-electron chi connectivity index (χ1n) is 6.25. The van der Waals surface area contributed by atoms with Gasteiger partial charge in [-0.05, 0) is 30.7 Å². The minimum Gasteiger partial charge on any atom is -0.393 e. The van der Waals surface area contributed by atoms with Crippen molar-refractivity contribution in [3.8, 4) is 12.5 Å². The summed E-state index contributed by atoms with van der Waals surface area (Å²) < 4.78 is 0. The largest absolute Gasteiger partial charge is 0.393 e. The molecular weight excluding hydrogens is 226 g/mol. The highest BCUT2D eigenvalue weighted by Crippen LogP contribution is 2.38. The lowest BCUT2D eigenvalue weighted by Gasteiger charge is -2.42. The molecule has 18 heavy (non-hydrogen) atoms. The zero-order valence-corrected chi connectivity index (χ0v) is 10.9. The van der Waals surface area contributed by atoms with Crippen LogP contribution < -0.4 is 4.90 Å². The Bertz CT molecular complexity index is 438. The molecule has 4 heteroatoms. The molecule has 1 aliphatic rings. The lowest BCUT2D eigenvalue weighted by Crippen LogP contribution is -2.45. The summed E-state index contributed by atoms with van der Waals surface area (Å²) in [5.41, 5.74) is -0.118. The number of anilines is 1. The van der Waals surface area contributed by atoms with Gasteiger partial charge in [-0.1, -0.05) is 20.3 Å². The van der Waals surface area contributed by atoms with Crippen molar-refractivity contribution in [2.75, 3.05) is 4.90 Å². The predicted molar refractivity (Wildman–Crippen MR) is 70.8 cm³/mol. The van der Waals surface area contributed by atoms with Crippen molar-refractivity contribution >= 4 is 5.95 Å². The highest BCUT2D eigenvalue weighted by molar-refractivity contribution is 5.39. The summed E-state index contributed by atoms with van der Waals surface area (Å²) in [7, 11) is 0. The first kappa shape index (κ1) is 12.8. The van der Waals surface area contributed by atoms with E-state index in [0.717, 1.165) is 19.3 Å². The third kappa shape index (κ3) is 2.46. The quantitative estimate of drug-likeness (QED) is 0.638. The highest BCUT2D eigenvalue weighted by Gasteiger charge is 2.38. The molecule has 2 unspecified atom stereocenters. The number of hydrogen-bond donors (Lipinski definition) is 1. The fourth-order valence-electron chi connectivity index (χ4n) is 2.55. The molecule has 0 aromatic carbocycles. The zero-order chi connectivity index (χ0) is 13.2. The molecule has 2 rings (SSSR count). The maximum atomic E-state index is 9.98. The van der Waals surface area contributed by atoms with Crippen LogP contribution in [-0.4, -0.2) is 27.2 Å². The maximum absolute atomic E-state index is 9.98. The van der Waals surface area contributed by atoms with Crippen LogP contribution in [0.25, 0.3) is 0 Å². The minimum atomic E-state index is -0.259. The van der Waals surface area contributed by atoms with Gasteiger partial charge >= 0.3 is 0 Å². The van der Waals surface area contributed by atoms with Crippen LogP contribution in [0.2, 0.25) is 0 Å². The van der Waals surface area contributed by atoms with Crippen LogP contribution in [0.1, 0.15) is 33.1 Å². The number of aliphatic hydroxyl groups excluding tert-OH is 1. The second-order valence-electron chi connectivity index (χ2n) is 5.49. The molecule has 0 bridgehead atoms. The molecule has 0 saturated heterocycles. The standard InChI is InChI=1S/C14H19N3O/c1-4-17(13-15-8-5-9-16-13)11-6-7-12(18)14(2,3)10-11/h1,5,8-9,11-12,18H,6-7,10H2,2-3H3. The first-order valence-corrected chi connectivity index (χ1v) is 6.25. The Morgan fingerprint density at radius 2 is 2.06 bits per heavy atom. The molecule has 0 radical (unpaired) electrons. The Kier molecular flexibility index (Phi) is 3.53. The van der Waals surface area contributed by atoms with Crippen LogP contribution in [0.15, 0.2) is 18.5 Å². The summed E-state index contributed by atoms with van der Waals surface area (Å²) in [6.07, 6.45) is 11.2. The van der Waals surface area contributed by atoms with Crippen LogP contribution in [0.3, 0.4) is 0 Å². The van der Waals surface area contributed by atoms with Crippen molar-refractivity contribution in [1.82, 2.24) is 9.97 Å². The number of terminal acetylenes is 1. The SMILES string of the molecule is C#CN(c1ncccn1)C1CCC(O)C(C)(C)C1. The fourth-order valence-corrected chi connectivity index (χ4v) is 2.55. The van der Waals surface area contributed by atoms with E-state index in [-0.39, 0.29) is 17.6 Å². The van der Waals surface area contributed by atoms with Crippen LogP contribution in [0, 0.1) is 17.9 Å². The second-order valence-corrected chi connectivity index (χ2v) is 5.49. The Morgan fingerprint density at radius 1 is 1.39 bits per heavy atom. The van der Waals surface area contributed by atoms with Gasteiger partial charge in [0.2, 0.25) is 5.95 Å². The van der Waals surface area contributed by atoms with Gasteiger partial charge in [0.1, 0.15) is 0 Å². The van der Waals surface area contributed by atoms with E-state index in [1.54, 1.807) is 23.4 Å².